The highest BCUT2D eigenvalue weighted by atomic mass is 16.5. The van der Waals surface area contributed by atoms with Crippen LogP contribution in [0.4, 0.5) is 17.1 Å². The van der Waals surface area contributed by atoms with E-state index >= 15 is 0 Å². The molecule has 4 aromatic rings. The quantitative estimate of drug-likeness (QED) is 0.320. The summed E-state index contributed by atoms with van der Waals surface area (Å²) in [6.45, 7) is 5.72. The van der Waals surface area contributed by atoms with Crippen LogP contribution in [0.15, 0.2) is 78.9 Å². The van der Waals surface area contributed by atoms with Gasteiger partial charge in [0.25, 0.3) is 0 Å². The second-order valence-electron chi connectivity index (χ2n) is 7.93. The van der Waals surface area contributed by atoms with Crippen molar-refractivity contribution >= 4 is 17.1 Å². The third-order valence-corrected chi connectivity index (χ3v) is 5.09. The average Bonchev–Trinajstić information content (AvgIpc) is 2.70. The van der Waals surface area contributed by atoms with Crippen molar-refractivity contribution in [1.82, 2.24) is 0 Å². The molecule has 0 unspecified atom stereocenters. The standard InChI is InChI=1S/C27H25NO4/c1-17-10-21(15-24(30)12-17)28(22-11-18(2)13-25(31)16-22)20-4-7-26(8-5-20)32-27-9-6-23(29)14-19(27)3/h4-16,29-31H,1-3H3. The van der Waals surface area contributed by atoms with Crippen molar-refractivity contribution in [1.29, 1.82) is 0 Å². The van der Waals surface area contributed by atoms with Crippen LogP contribution in [0.3, 0.4) is 0 Å². The van der Waals surface area contributed by atoms with Gasteiger partial charge in [-0.1, -0.05) is 0 Å². The van der Waals surface area contributed by atoms with Crippen molar-refractivity contribution in [2.24, 2.45) is 0 Å². The normalized spacial score (nSPS) is 10.7. The molecule has 0 spiro atoms. The predicted molar refractivity (Wildman–Crippen MR) is 127 cm³/mol. The van der Waals surface area contributed by atoms with Gasteiger partial charge in [0, 0.05) is 17.8 Å². The molecular formula is C27H25NO4. The SMILES string of the molecule is Cc1cc(O)cc(N(c2ccc(Oc3ccc(O)cc3C)cc2)c2cc(C)cc(O)c2)c1. The third-order valence-electron chi connectivity index (χ3n) is 5.09. The maximum atomic E-state index is 10.2. The number of anilines is 3. The van der Waals surface area contributed by atoms with Gasteiger partial charge in [-0.05, 0) is 104 Å². The lowest BCUT2D eigenvalue weighted by Gasteiger charge is -2.26. The van der Waals surface area contributed by atoms with E-state index in [0.717, 1.165) is 33.8 Å². The Hall–Kier alpha value is -4.12. The molecule has 0 bridgehead atoms. The van der Waals surface area contributed by atoms with E-state index < -0.39 is 0 Å². The lowest BCUT2D eigenvalue weighted by atomic mass is 10.1. The van der Waals surface area contributed by atoms with Gasteiger partial charge in [-0.2, -0.15) is 0 Å². The van der Waals surface area contributed by atoms with Crippen molar-refractivity contribution in [3.63, 3.8) is 0 Å². The zero-order chi connectivity index (χ0) is 22.8. The zero-order valence-electron chi connectivity index (χ0n) is 18.2. The molecule has 32 heavy (non-hydrogen) atoms. The molecule has 0 aliphatic rings. The van der Waals surface area contributed by atoms with E-state index in [1.807, 2.05) is 62.1 Å². The Kier molecular flexibility index (Phi) is 5.65. The molecule has 0 fully saturated rings. The molecule has 0 heterocycles. The minimum absolute atomic E-state index is 0.171. The van der Waals surface area contributed by atoms with Crippen LogP contribution in [0.2, 0.25) is 0 Å². The number of hydrogen-bond acceptors (Lipinski definition) is 5. The van der Waals surface area contributed by atoms with E-state index in [-0.39, 0.29) is 17.2 Å². The smallest absolute Gasteiger partial charge is 0.130 e. The summed E-state index contributed by atoms with van der Waals surface area (Å²) in [7, 11) is 0. The molecule has 0 radical (unpaired) electrons. The second-order valence-corrected chi connectivity index (χ2v) is 7.93. The summed E-state index contributed by atoms with van der Waals surface area (Å²) < 4.78 is 5.98. The van der Waals surface area contributed by atoms with Gasteiger partial charge in [0.1, 0.15) is 28.7 Å². The Morgan fingerprint density at radius 1 is 0.562 bits per heavy atom. The molecule has 3 N–H and O–H groups in total. The van der Waals surface area contributed by atoms with Gasteiger partial charge in [-0.25, -0.2) is 0 Å². The fourth-order valence-corrected chi connectivity index (χ4v) is 3.73. The maximum absolute atomic E-state index is 10.2. The molecule has 5 nitrogen and oxygen atoms in total. The predicted octanol–water partition coefficient (Wildman–Crippen LogP) is 6.99. The first-order valence-corrected chi connectivity index (χ1v) is 10.3. The van der Waals surface area contributed by atoms with Crippen LogP contribution >= 0.6 is 0 Å². The van der Waals surface area contributed by atoms with Crippen molar-refractivity contribution in [2.75, 3.05) is 4.90 Å². The average molecular weight is 428 g/mol. The van der Waals surface area contributed by atoms with Crippen LogP contribution in [0.1, 0.15) is 16.7 Å². The van der Waals surface area contributed by atoms with Gasteiger partial charge in [-0.15, -0.1) is 0 Å². The van der Waals surface area contributed by atoms with E-state index in [9.17, 15) is 15.3 Å². The largest absolute Gasteiger partial charge is 0.508 e. The number of ether oxygens (including phenoxy) is 1. The van der Waals surface area contributed by atoms with Crippen LogP contribution < -0.4 is 9.64 Å². The summed E-state index contributed by atoms with van der Waals surface area (Å²) in [4.78, 5) is 1.97. The fourth-order valence-electron chi connectivity index (χ4n) is 3.73. The third kappa shape index (κ3) is 4.62. The summed E-state index contributed by atoms with van der Waals surface area (Å²) in [6.07, 6.45) is 0. The van der Waals surface area contributed by atoms with Crippen molar-refractivity contribution in [3.05, 3.63) is 95.6 Å². The number of aryl methyl sites for hydroxylation is 3. The molecule has 0 aliphatic carbocycles. The lowest BCUT2D eigenvalue weighted by Crippen LogP contribution is -2.10. The van der Waals surface area contributed by atoms with Crippen molar-refractivity contribution in [2.45, 2.75) is 20.8 Å². The summed E-state index contributed by atoms with van der Waals surface area (Å²) in [5.74, 6) is 1.86. The number of phenols is 3. The van der Waals surface area contributed by atoms with Crippen LogP contribution in [-0.4, -0.2) is 15.3 Å². The number of benzene rings is 4. The molecule has 0 saturated carbocycles. The number of hydrogen-bond donors (Lipinski definition) is 3. The Labute approximate surface area is 187 Å². The van der Waals surface area contributed by atoms with Gasteiger partial charge in [0.15, 0.2) is 0 Å². The monoisotopic (exact) mass is 427 g/mol. The molecule has 0 aromatic heterocycles. The van der Waals surface area contributed by atoms with Crippen LogP contribution in [0, 0.1) is 20.8 Å². The number of phenolic OH excluding ortho intramolecular Hbond substituents is 3. The summed E-state index contributed by atoms with van der Waals surface area (Å²) in [5.41, 5.74) is 5.07. The van der Waals surface area contributed by atoms with Crippen LogP contribution in [0.25, 0.3) is 0 Å². The molecule has 162 valence electrons. The maximum Gasteiger partial charge on any atom is 0.130 e. The van der Waals surface area contributed by atoms with Crippen LogP contribution in [0.5, 0.6) is 28.7 Å². The highest BCUT2D eigenvalue weighted by Crippen LogP contribution is 2.39. The zero-order valence-corrected chi connectivity index (χ0v) is 18.2. The Morgan fingerprint density at radius 3 is 1.62 bits per heavy atom. The van der Waals surface area contributed by atoms with E-state index in [1.54, 1.807) is 42.5 Å². The first kappa shape index (κ1) is 21.1. The number of nitrogens with zero attached hydrogens (tertiary/aromatic N) is 1. The van der Waals surface area contributed by atoms with Gasteiger partial charge in [0.05, 0.1) is 11.4 Å². The first-order valence-electron chi connectivity index (χ1n) is 10.3. The summed E-state index contributed by atoms with van der Waals surface area (Å²) in [5, 5.41) is 30.0. The number of aromatic hydroxyl groups is 3. The Morgan fingerprint density at radius 2 is 1.12 bits per heavy atom. The van der Waals surface area contributed by atoms with Gasteiger partial charge < -0.3 is 25.0 Å². The highest BCUT2D eigenvalue weighted by molar-refractivity contribution is 5.78. The van der Waals surface area contributed by atoms with Crippen molar-refractivity contribution in [3.8, 4) is 28.7 Å². The second kappa shape index (κ2) is 8.55. The fraction of sp³-hybridized carbons (Fsp3) is 0.111. The first-order chi connectivity index (χ1) is 15.3. The lowest BCUT2D eigenvalue weighted by molar-refractivity contribution is 0.461. The van der Waals surface area contributed by atoms with E-state index in [2.05, 4.69) is 0 Å². The van der Waals surface area contributed by atoms with Crippen LogP contribution in [-0.2, 0) is 0 Å². The van der Waals surface area contributed by atoms with Gasteiger partial charge >= 0.3 is 0 Å². The highest BCUT2D eigenvalue weighted by Gasteiger charge is 2.15. The molecular weight excluding hydrogens is 402 g/mol. The van der Waals surface area contributed by atoms with E-state index in [1.165, 1.54) is 0 Å². The topological polar surface area (TPSA) is 73.2 Å². The van der Waals surface area contributed by atoms with E-state index in [0.29, 0.717) is 11.5 Å². The summed E-state index contributed by atoms with van der Waals surface area (Å²) >= 11 is 0. The summed E-state index contributed by atoms with van der Waals surface area (Å²) in [6, 6.07) is 23.3. The Bertz CT molecular complexity index is 1170. The molecule has 0 amide bonds. The van der Waals surface area contributed by atoms with Crippen molar-refractivity contribution < 1.29 is 20.1 Å². The van der Waals surface area contributed by atoms with Gasteiger partial charge in [0.2, 0.25) is 0 Å². The molecule has 5 heteroatoms. The minimum atomic E-state index is 0.171. The number of rotatable bonds is 5. The molecule has 0 saturated heterocycles. The van der Waals surface area contributed by atoms with Gasteiger partial charge in [-0.3, -0.25) is 0 Å². The van der Waals surface area contributed by atoms with E-state index in [4.69, 9.17) is 4.74 Å². The Balaban J connectivity index is 1.74. The molecule has 4 aromatic carbocycles. The molecule has 0 aliphatic heterocycles. The molecule has 0 atom stereocenters. The molecule has 4 rings (SSSR count). The minimum Gasteiger partial charge on any atom is -0.508 e.